The van der Waals surface area contributed by atoms with Gasteiger partial charge in [0.15, 0.2) is 11.0 Å². The largest absolute Gasteiger partial charge is 0.497 e. The highest BCUT2D eigenvalue weighted by molar-refractivity contribution is 7.99. The topological polar surface area (TPSA) is 86.6 Å². The maximum absolute atomic E-state index is 12.7. The molecule has 2 aromatic carbocycles. The molecule has 0 aliphatic carbocycles. The van der Waals surface area contributed by atoms with Gasteiger partial charge < -0.3 is 14.4 Å². The highest BCUT2D eigenvalue weighted by atomic mass is 32.2. The minimum atomic E-state index is -0.142. The number of methoxy groups -OCH3 is 1. The second-order valence-corrected chi connectivity index (χ2v) is 9.63. The maximum Gasteiger partial charge on any atom is 0.309 e. The SMILES string of the molecule is CCOC(=O)C1CCN(C(=O)CCCSc2nnc(-c3cccc(OC)c3)n2-c2ccccc2)CC1. The summed E-state index contributed by atoms with van der Waals surface area (Å²) in [7, 11) is 1.65. The van der Waals surface area contributed by atoms with Crippen molar-refractivity contribution in [1.29, 1.82) is 0 Å². The van der Waals surface area contributed by atoms with Gasteiger partial charge in [-0.05, 0) is 50.5 Å². The molecule has 0 spiro atoms. The number of carbonyl (C=O) groups excluding carboxylic acids is 2. The lowest BCUT2D eigenvalue weighted by Crippen LogP contribution is -2.40. The first kappa shape index (κ1) is 25.8. The number of rotatable bonds is 10. The smallest absolute Gasteiger partial charge is 0.309 e. The Balaban J connectivity index is 1.36. The van der Waals surface area contributed by atoms with Crippen LogP contribution in [-0.2, 0) is 14.3 Å². The molecule has 3 aromatic rings. The zero-order chi connectivity index (χ0) is 25.3. The molecule has 1 amide bonds. The molecule has 9 heteroatoms. The first-order valence-corrected chi connectivity index (χ1v) is 13.3. The number of ether oxygens (including phenoxy) is 2. The van der Waals surface area contributed by atoms with Crippen molar-refractivity contribution in [2.75, 3.05) is 32.6 Å². The van der Waals surface area contributed by atoms with Gasteiger partial charge in [0.1, 0.15) is 5.75 Å². The van der Waals surface area contributed by atoms with E-state index in [2.05, 4.69) is 10.2 Å². The Morgan fingerprint density at radius 3 is 2.56 bits per heavy atom. The van der Waals surface area contributed by atoms with E-state index in [1.807, 2.05) is 71.0 Å². The van der Waals surface area contributed by atoms with Gasteiger partial charge in [0.25, 0.3) is 0 Å². The van der Waals surface area contributed by atoms with Crippen molar-refractivity contribution in [1.82, 2.24) is 19.7 Å². The van der Waals surface area contributed by atoms with E-state index in [9.17, 15) is 9.59 Å². The standard InChI is InChI=1S/C27H32N4O4S/c1-3-35-26(33)20-14-16-30(17-15-20)24(32)13-8-18-36-27-29-28-25(21-9-7-12-23(19-21)34-2)31(27)22-10-5-4-6-11-22/h4-7,9-12,19-20H,3,8,13-18H2,1-2H3. The van der Waals surface area contributed by atoms with E-state index in [0.29, 0.717) is 39.0 Å². The second kappa shape index (κ2) is 12.6. The summed E-state index contributed by atoms with van der Waals surface area (Å²) >= 11 is 1.59. The highest BCUT2D eigenvalue weighted by Gasteiger charge is 2.28. The zero-order valence-corrected chi connectivity index (χ0v) is 21.6. The van der Waals surface area contributed by atoms with E-state index in [0.717, 1.165) is 40.2 Å². The van der Waals surface area contributed by atoms with Crippen LogP contribution in [0.3, 0.4) is 0 Å². The molecule has 0 atom stereocenters. The van der Waals surface area contributed by atoms with Crippen LogP contribution in [0.4, 0.5) is 0 Å². The Hall–Kier alpha value is -3.33. The summed E-state index contributed by atoms with van der Waals surface area (Å²) in [6.45, 7) is 3.44. The summed E-state index contributed by atoms with van der Waals surface area (Å²) in [5.74, 6) is 2.15. The molecule has 1 fully saturated rings. The van der Waals surface area contributed by atoms with Gasteiger partial charge in [0, 0.05) is 36.5 Å². The highest BCUT2D eigenvalue weighted by Crippen LogP contribution is 2.30. The van der Waals surface area contributed by atoms with Gasteiger partial charge in [-0.1, -0.05) is 42.1 Å². The predicted molar refractivity (Wildman–Crippen MR) is 139 cm³/mol. The summed E-state index contributed by atoms with van der Waals surface area (Å²) in [5, 5.41) is 9.73. The summed E-state index contributed by atoms with van der Waals surface area (Å²) in [5.41, 5.74) is 1.89. The third-order valence-corrected chi connectivity index (χ3v) is 7.22. The van der Waals surface area contributed by atoms with Gasteiger partial charge in [0.2, 0.25) is 5.91 Å². The van der Waals surface area contributed by atoms with E-state index in [1.54, 1.807) is 18.9 Å². The van der Waals surface area contributed by atoms with E-state index in [1.165, 1.54) is 0 Å². The number of aromatic nitrogens is 3. The Kier molecular flexibility index (Phi) is 9.00. The molecule has 0 N–H and O–H groups in total. The van der Waals surface area contributed by atoms with Crippen LogP contribution in [0.5, 0.6) is 5.75 Å². The van der Waals surface area contributed by atoms with Crippen molar-refractivity contribution >= 4 is 23.6 Å². The lowest BCUT2D eigenvalue weighted by atomic mass is 9.97. The van der Waals surface area contributed by atoms with Crippen molar-refractivity contribution in [3.8, 4) is 22.8 Å². The molecular weight excluding hydrogens is 476 g/mol. The van der Waals surface area contributed by atoms with Crippen molar-refractivity contribution in [3.63, 3.8) is 0 Å². The summed E-state index contributed by atoms with van der Waals surface area (Å²) in [6.07, 6.45) is 2.55. The maximum atomic E-state index is 12.7. The molecule has 0 bridgehead atoms. The number of benzene rings is 2. The van der Waals surface area contributed by atoms with Crippen molar-refractivity contribution in [2.45, 2.75) is 37.8 Å². The van der Waals surface area contributed by atoms with Gasteiger partial charge in [-0.2, -0.15) is 0 Å². The fourth-order valence-corrected chi connectivity index (χ4v) is 5.18. The molecule has 190 valence electrons. The van der Waals surface area contributed by atoms with Gasteiger partial charge >= 0.3 is 5.97 Å². The molecule has 4 rings (SSSR count). The molecule has 1 aliphatic rings. The molecule has 0 radical (unpaired) electrons. The Labute approximate surface area is 216 Å². The number of para-hydroxylation sites is 1. The van der Waals surface area contributed by atoms with Gasteiger partial charge in [-0.3, -0.25) is 14.2 Å². The fraction of sp³-hybridized carbons (Fsp3) is 0.407. The number of hydrogen-bond donors (Lipinski definition) is 0. The Bertz CT molecular complexity index is 1160. The average molecular weight is 509 g/mol. The molecule has 1 aromatic heterocycles. The summed E-state index contributed by atoms with van der Waals surface area (Å²) < 4.78 is 12.5. The molecule has 0 unspecified atom stereocenters. The van der Waals surface area contributed by atoms with Crippen LogP contribution in [0.2, 0.25) is 0 Å². The third kappa shape index (κ3) is 6.26. The van der Waals surface area contributed by atoms with Gasteiger partial charge in [0.05, 0.1) is 19.6 Å². The lowest BCUT2D eigenvalue weighted by Gasteiger charge is -2.31. The van der Waals surface area contributed by atoms with Crippen LogP contribution in [0.25, 0.3) is 17.1 Å². The zero-order valence-electron chi connectivity index (χ0n) is 20.8. The van der Waals surface area contributed by atoms with Crippen LogP contribution in [-0.4, -0.2) is 64.1 Å². The lowest BCUT2D eigenvalue weighted by molar-refractivity contribution is -0.151. The number of carbonyl (C=O) groups is 2. The molecule has 1 saturated heterocycles. The van der Waals surface area contributed by atoms with E-state index < -0.39 is 0 Å². The number of likely N-dealkylation sites (tertiary alicyclic amines) is 1. The Morgan fingerprint density at radius 1 is 1.06 bits per heavy atom. The third-order valence-electron chi connectivity index (χ3n) is 6.21. The quantitative estimate of drug-likeness (QED) is 0.224. The first-order valence-electron chi connectivity index (χ1n) is 12.3. The molecule has 36 heavy (non-hydrogen) atoms. The fourth-order valence-electron chi connectivity index (χ4n) is 4.29. The summed E-state index contributed by atoms with van der Waals surface area (Å²) in [4.78, 5) is 26.5. The molecule has 0 saturated carbocycles. The van der Waals surface area contributed by atoms with E-state index >= 15 is 0 Å². The van der Waals surface area contributed by atoms with Crippen LogP contribution in [0, 0.1) is 5.92 Å². The molecule has 8 nitrogen and oxygen atoms in total. The number of thioether (sulfide) groups is 1. The first-order chi connectivity index (χ1) is 17.6. The number of nitrogens with zero attached hydrogens (tertiary/aromatic N) is 4. The summed E-state index contributed by atoms with van der Waals surface area (Å²) in [6, 6.07) is 17.8. The van der Waals surface area contributed by atoms with Crippen LogP contribution >= 0.6 is 11.8 Å². The van der Waals surface area contributed by atoms with Gasteiger partial charge in [-0.25, -0.2) is 0 Å². The predicted octanol–water partition coefficient (Wildman–Crippen LogP) is 4.62. The monoisotopic (exact) mass is 508 g/mol. The molecule has 2 heterocycles. The number of amides is 1. The normalized spacial score (nSPS) is 14.0. The number of hydrogen-bond acceptors (Lipinski definition) is 7. The Morgan fingerprint density at radius 2 is 1.83 bits per heavy atom. The average Bonchev–Trinajstić information content (AvgIpc) is 3.35. The van der Waals surface area contributed by atoms with Gasteiger partial charge in [-0.15, -0.1) is 10.2 Å². The van der Waals surface area contributed by atoms with Crippen LogP contribution < -0.4 is 4.74 Å². The molecular formula is C27H32N4O4S. The van der Waals surface area contributed by atoms with Crippen molar-refractivity contribution < 1.29 is 19.1 Å². The van der Waals surface area contributed by atoms with E-state index in [-0.39, 0.29) is 17.8 Å². The number of esters is 1. The van der Waals surface area contributed by atoms with Crippen LogP contribution in [0.15, 0.2) is 59.8 Å². The number of piperidine rings is 1. The van der Waals surface area contributed by atoms with E-state index in [4.69, 9.17) is 9.47 Å². The minimum Gasteiger partial charge on any atom is -0.497 e. The molecule has 1 aliphatic heterocycles. The van der Waals surface area contributed by atoms with Crippen molar-refractivity contribution in [2.24, 2.45) is 5.92 Å². The second-order valence-electron chi connectivity index (χ2n) is 8.57. The van der Waals surface area contributed by atoms with Crippen molar-refractivity contribution in [3.05, 3.63) is 54.6 Å². The minimum absolute atomic E-state index is 0.0901. The van der Waals surface area contributed by atoms with Crippen LogP contribution in [0.1, 0.15) is 32.6 Å².